The molecule has 1 aromatic heterocycles. The zero-order valence-electron chi connectivity index (χ0n) is 16.8. The Morgan fingerprint density at radius 1 is 1.21 bits per heavy atom. The van der Waals surface area contributed by atoms with E-state index in [4.69, 9.17) is 0 Å². The van der Waals surface area contributed by atoms with Gasteiger partial charge in [0.25, 0.3) is 11.8 Å². The Morgan fingerprint density at radius 3 is 2.68 bits per heavy atom. The number of fused-ring (bicyclic) bond motifs is 1. The van der Waals surface area contributed by atoms with Crippen LogP contribution in [-0.2, 0) is 18.4 Å². The van der Waals surface area contributed by atoms with Gasteiger partial charge in [0.1, 0.15) is 0 Å². The zero-order chi connectivity index (χ0) is 20.3. The predicted molar refractivity (Wildman–Crippen MR) is 111 cm³/mol. The molecule has 1 aromatic carbocycles. The first-order chi connectivity index (χ1) is 13.3. The normalized spacial score (nSPS) is 13.5. The fourth-order valence-corrected chi connectivity index (χ4v) is 3.57. The van der Waals surface area contributed by atoms with Crippen LogP contribution in [-0.4, -0.2) is 27.9 Å². The molecule has 0 radical (unpaired) electrons. The van der Waals surface area contributed by atoms with Gasteiger partial charge in [-0.05, 0) is 36.3 Å². The fourth-order valence-electron chi connectivity index (χ4n) is 3.57. The fraction of sp³-hybridized carbons (Fsp3) is 0.409. The van der Waals surface area contributed by atoms with Gasteiger partial charge in [0.2, 0.25) is 0 Å². The van der Waals surface area contributed by atoms with E-state index in [1.807, 2.05) is 28.8 Å². The number of anilines is 1. The van der Waals surface area contributed by atoms with Crippen LogP contribution in [0.4, 0.5) is 5.69 Å². The molecule has 0 fully saturated rings. The highest BCUT2D eigenvalue weighted by Gasteiger charge is 2.28. The summed E-state index contributed by atoms with van der Waals surface area (Å²) in [6.07, 6.45) is 4.32. The Bertz CT molecular complexity index is 906. The molecule has 1 aliphatic heterocycles. The Hall–Kier alpha value is -2.89. The molecule has 2 amide bonds. The second-order valence-corrected chi connectivity index (χ2v) is 8.09. The summed E-state index contributed by atoms with van der Waals surface area (Å²) < 4.78 is 1.88. The van der Waals surface area contributed by atoms with Crippen LogP contribution >= 0.6 is 0 Å². The second-order valence-electron chi connectivity index (χ2n) is 8.09. The third-order valence-corrected chi connectivity index (χ3v) is 4.93. The molecule has 0 spiro atoms. The topological polar surface area (TPSA) is 76.0 Å². The van der Waals surface area contributed by atoms with Crippen molar-refractivity contribution in [2.45, 2.75) is 52.0 Å². The van der Waals surface area contributed by atoms with E-state index >= 15 is 0 Å². The van der Waals surface area contributed by atoms with Gasteiger partial charge in [0.15, 0.2) is 11.5 Å². The number of rotatable bonds is 5. The van der Waals surface area contributed by atoms with Crippen molar-refractivity contribution in [1.82, 2.24) is 14.9 Å². The Balaban J connectivity index is 1.94. The van der Waals surface area contributed by atoms with Gasteiger partial charge in [-0.15, -0.1) is 6.58 Å². The Morgan fingerprint density at radius 2 is 1.96 bits per heavy atom. The third-order valence-electron chi connectivity index (χ3n) is 4.93. The molecule has 6 nitrogen and oxygen atoms in total. The largest absolute Gasteiger partial charge is 0.346 e. The highest BCUT2D eigenvalue weighted by Crippen LogP contribution is 2.30. The maximum Gasteiger partial charge on any atom is 0.287 e. The number of carbonyl (C=O) groups is 2. The Labute approximate surface area is 166 Å². The highest BCUT2D eigenvalue weighted by molar-refractivity contribution is 6.05. The van der Waals surface area contributed by atoms with Crippen molar-refractivity contribution in [2.24, 2.45) is 0 Å². The first kappa shape index (κ1) is 19.9. The van der Waals surface area contributed by atoms with E-state index in [9.17, 15) is 9.59 Å². The first-order valence-corrected chi connectivity index (χ1v) is 9.72. The van der Waals surface area contributed by atoms with Crippen molar-refractivity contribution < 1.29 is 9.59 Å². The van der Waals surface area contributed by atoms with E-state index in [1.54, 1.807) is 6.08 Å². The number of carbonyl (C=O) groups excluding carboxylic acids is 2. The molecule has 6 heteroatoms. The van der Waals surface area contributed by atoms with E-state index in [2.05, 4.69) is 43.0 Å². The number of hydrogen-bond donors (Lipinski definition) is 2. The molecule has 0 aliphatic carbocycles. The van der Waals surface area contributed by atoms with Crippen LogP contribution in [0.5, 0.6) is 0 Å². The predicted octanol–water partition coefficient (Wildman–Crippen LogP) is 3.69. The minimum Gasteiger partial charge on any atom is -0.346 e. The molecular formula is C22H28N4O2. The van der Waals surface area contributed by atoms with Gasteiger partial charge in [-0.2, -0.15) is 0 Å². The summed E-state index contributed by atoms with van der Waals surface area (Å²) in [5, 5.41) is 5.77. The molecule has 0 saturated carbocycles. The van der Waals surface area contributed by atoms with E-state index < -0.39 is 0 Å². The summed E-state index contributed by atoms with van der Waals surface area (Å²) in [6.45, 7) is 11.0. The number of aromatic nitrogens is 2. The zero-order valence-corrected chi connectivity index (χ0v) is 16.8. The van der Waals surface area contributed by atoms with Crippen LogP contribution in [0, 0.1) is 0 Å². The lowest BCUT2D eigenvalue weighted by Crippen LogP contribution is -2.28. The highest BCUT2D eigenvalue weighted by atomic mass is 16.2. The van der Waals surface area contributed by atoms with Gasteiger partial charge < -0.3 is 15.2 Å². The molecule has 0 atom stereocenters. The molecular weight excluding hydrogens is 352 g/mol. The lowest BCUT2D eigenvalue weighted by molar-refractivity contribution is 0.0942. The number of benzene rings is 1. The van der Waals surface area contributed by atoms with E-state index in [1.165, 1.54) is 0 Å². The van der Waals surface area contributed by atoms with Crippen molar-refractivity contribution in [3.8, 4) is 0 Å². The summed E-state index contributed by atoms with van der Waals surface area (Å²) in [7, 11) is 0. The number of amides is 2. The molecule has 148 valence electrons. The van der Waals surface area contributed by atoms with E-state index in [0.29, 0.717) is 24.6 Å². The van der Waals surface area contributed by atoms with Crippen molar-refractivity contribution in [1.29, 1.82) is 0 Å². The lowest BCUT2D eigenvalue weighted by Gasteiger charge is -2.23. The minimum absolute atomic E-state index is 0.104. The second kappa shape index (κ2) is 8.00. The van der Waals surface area contributed by atoms with Crippen LogP contribution in [0.2, 0.25) is 0 Å². The van der Waals surface area contributed by atoms with E-state index in [0.717, 1.165) is 36.2 Å². The molecule has 28 heavy (non-hydrogen) atoms. The van der Waals surface area contributed by atoms with Gasteiger partial charge in [-0.1, -0.05) is 45.0 Å². The maximum absolute atomic E-state index is 13.1. The molecule has 2 heterocycles. The smallest absolute Gasteiger partial charge is 0.287 e. The van der Waals surface area contributed by atoms with Gasteiger partial charge in [0, 0.05) is 18.8 Å². The summed E-state index contributed by atoms with van der Waals surface area (Å²) in [5.41, 5.74) is 2.90. The SMILES string of the molecule is C=CCNC(=O)c1nc(C(=O)Nc2ccccc2C(C)(C)C)c2n1CCCC2. The van der Waals surface area contributed by atoms with Crippen molar-refractivity contribution in [3.63, 3.8) is 0 Å². The number of nitrogens with one attached hydrogen (secondary N) is 2. The lowest BCUT2D eigenvalue weighted by atomic mass is 9.86. The monoisotopic (exact) mass is 380 g/mol. The summed E-state index contributed by atoms with van der Waals surface area (Å²) in [4.78, 5) is 30.0. The summed E-state index contributed by atoms with van der Waals surface area (Å²) in [5.74, 6) is -0.256. The maximum atomic E-state index is 13.1. The molecule has 1 aliphatic rings. The van der Waals surface area contributed by atoms with Crippen LogP contribution in [0.1, 0.15) is 66.0 Å². The van der Waals surface area contributed by atoms with Crippen LogP contribution in [0.3, 0.4) is 0 Å². The van der Waals surface area contributed by atoms with Gasteiger partial charge in [0.05, 0.1) is 5.69 Å². The minimum atomic E-state index is -0.280. The standard InChI is InChI=1S/C22H28N4O2/c1-5-13-23-21(28)19-25-18(17-12-8-9-14-26(17)19)20(27)24-16-11-7-6-10-15(16)22(2,3)4/h5-7,10-11H,1,8-9,12-14H2,2-4H3,(H,23,28)(H,24,27). The average molecular weight is 380 g/mol. The van der Waals surface area contributed by atoms with E-state index in [-0.39, 0.29) is 17.2 Å². The first-order valence-electron chi connectivity index (χ1n) is 9.72. The van der Waals surface area contributed by atoms with Gasteiger partial charge >= 0.3 is 0 Å². The van der Waals surface area contributed by atoms with Gasteiger partial charge in [-0.25, -0.2) is 4.98 Å². The molecule has 0 unspecified atom stereocenters. The molecule has 0 bridgehead atoms. The van der Waals surface area contributed by atoms with Crippen molar-refractivity contribution in [3.05, 3.63) is 59.7 Å². The molecule has 0 saturated heterocycles. The van der Waals surface area contributed by atoms with Crippen LogP contribution in [0.25, 0.3) is 0 Å². The molecule has 2 N–H and O–H groups in total. The van der Waals surface area contributed by atoms with Crippen LogP contribution in [0.15, 0.2) is 36.9 Å². The molecule has 3 rings (SSSR count). The van der Waals surface area contributed by atoms with Gasteiger partial charge in [-0.3, -0.25) is 9.59 Å². The average Bonchev–Trinajstić information content (AvgIpc) is 3.05. The quantitative estimate of drug-likeness (QED) is 0.777. The van der Waals surface area contributed by atoms with Crippen molar-refractivity contribution >= 4 is 17.5 Å². The molecule has 2 aromatic rings. The van der Waals surface area contributed by atoms with Crippen LogP contribution < -0.4 is 10.6 Å². The summed E-state index contributed by atoms with van der Waals surface area (Å²) in [6, 6.07) is 7.80. The number of para-hydroxylation sites is 1. The number of imidazole rings is 1. The third kappa shape index (κ3) is 4.01. The Kier molecular flexibility index (Phi) is 5.68. The number of hydrogen-bond acceptors (Lipinski definition) is 3. The number of nitrogens with zero attached hydrogens (tertiary/aromatic N) is 2. The summed E-state index contributed by atoms with van der Waals surface area (Å²) >= 11 is 0. The van der Waals surface area contributed by atoms with Crippen molar-refractivity contribution in [2.75, 3.05) is 11.9 Å².